The van der Waals surface area contributed by atoms with Crippen LogP contribution in [0.25, 0.3) is 11.3 Å². The van der Waals surface area contributed by atoms with Gasteiger partial charge in [0.15, 0.2) is 0 Å². The molecule has 2 aromatic rings. The second kappa shape index (κ2) is 5.40. The van der Waals surface area contributed by atoms with Crippen LogP contribution in [0, 0.1) is 12.7 Å². The number of rotatable bonds is 3. The van der Waals surface area contributed by atoms with E-state index in [1.54, 1.807) is 19.2 Å². The first-order valence-corrected chi connectivity index (χ1v) is 7.87. The highest BCUT2D eigenvalue weighted by Gasteiger charge is 2.49. The average molecular weight is 325 g/mol. The number of amides is 3. The number of pyridine rings is 1. The maximum atomic E-state index is 13.7. The van der Waals surface area contributed by atoms with Gasteiger partial charge < -0.3 is 5.32 Å². The first-order chi connectivity index (χ1) is 11.5. The van der Waals surface area contributed by atoms with E-state index in [-0.39, 0.29) is 36.3 Å². The van der Waals surface area contributed by atoms with Gasteiger partial charge in [0.25, 0.3) is 0 Å². The molecule has 122 valence electrons. The molecule has 0 spiro atoms. The predicted octanol–water partition coefficient (Wildman–Crippen LogP) is 2.60. The van der Waals surface area contributed by atoms with Crippen molar-refractivity contribution in [3.8, 4) is 11.3 Å². The van der Waals surface area contributed by atoms with Crippen LogP contribution in [0.3, 0.4) is 0 Å². The van der Waals surface area contributed by atoms with E-state index in [4.69, 9.17) is 0 Å². The van der Waals surface area contributed by atoms with E-state index >= 15 is 0 Å². The third-order valence-electron chi connectivity index (χ3n) is 4.65. The van der Waals surface area contributed by atoms with Crippen LogP contribution in [0.1, 0.15) is 23.5 Å². The molecule has 1 saturated heterocycles. The summed E-state index contributed by atoms with van der Waals surface area (Å²) in [6.07, 6.45) is 2.51. The van der Waals surface area contributed by atoms with Gasteiger partial charge in [0.2, 0.25) is 5.91 Å². The van der Waals surface area contributed by atoms with Crippen LogP contribution in [0.5, 0.6) is 0 Å². The van der Waals surface area contributed by atoms with Crippen LogP contribution >= 0.6 is 0 Å². The number of urea groups is 1. The van der Waals surface area contributed by atoms with Crippen molar-refractivity contribution < 1.29 is 14.0 Å². The van der Waals surface area contributed by atoms with Crippen molar-refractivity contribution in [1.29, 1.82) is 0 Å². The number of aromatic nitrogens is 1. The number of carbonyl (C=O) groups is 2. The molecule has 2 heterocycles. The van der Waals surface area contributed by atoms with Gasteiger partial charge in [-0.15, -0.1) is 0 Å². The highest BCUT2D eigenvalue weighted by molar-refractivity contribution is 6.02. The first-order valence-electron chi connectivity index (χ1n) is 7.87. The Balaban J connectivity index is 1.52. The lowest BCUT2D eigenvalue weighted by atomic mass is 10.1. The predicted molar refractivity (Wildman–Crippen MR) is 85.8 cm³/mol. The minimum absolute atomic E-state index is 0.0792. The Labute approximate surface area is 138 Å². The molecule has 1 aliphatic heterocycles. The Morgan fingerprint density at radius 1 is 1.25 bits per heavy atom. The fraction of sp³-hybridized carbons (Fsp3) is 0.278. The van der Waals surface area contributed by atoms with Gasteiger partial charge in [-0.05, 0) is 36.6 Å². The van der Waals surface area contributed by atoms with Gasteiger partial charge in [0.05, 0.1) is 12.2 Å². The molecule has 1 saturated carbocycles. The maximum absolute atomic E-state index is 13.7. The number of nitrogens with zero attached hydrogens (tertiary/aromatic N) is 2. The second-order valence-corrected chi connectivity index (χ2v) is 6.27. The Morgan fingerprint density at radius 2 is 2.08 bits per heavy atom. The fourth-order valence-electron chi connectivity index (χ4n) is 3.14. The largest absolute Gasteiger partial charge is 0.329 e. The van der Waals surface area contributed by atoms with Crippen LogP contribution in [-0.2, 0) is 4.79 Å². The van der Waals surface area contributed by atoms with Crippen molar-refractivity contribution in [3.05, 3.63) is 53.5 Å². The quantitative estimate of drug-likeness (QED) is 0.882. The molecule has 2 atom stereocenters. The lowest BCUT2D eigenvalue weighted by Crippen LogP contribution is -2.33. The minimum Gasteiger partial charge on any atom is -0.329 e. The molecule has 0 unspecified atom stereocenters. The summed E-state index contributed by atoms with van der Waals surface area (Å²) in [5, 5.41) is 2.54. The number of hydrogen-bond donors (Lipinski definition) is 1. The molecule has 3 amide bonds. The average Bonchev–Trinajstić information content (AvgIpc) is 3.29. The molecule has 2 aliphatic rings. The van der Waals surface area contributed by atoms with E-state index < -0.39 is 0 Å². The number of carbonyl (C=O) groups excluding carboxylic acids is 2. The summed E-state index contributed by atoms with van der Waals surface area (Å²) in [6.45, 7) is 1.80. The van der Waals surface area contributed by atoms with E-state index in [9.17, 15) is 14.0 Å². The zero-order valence-corrected chi connectivity index (χ0v) is 13.1. The minimum atomic E-state index is -0.313. The molecule has 5 nitrogen and oxygen atoms in total. The Kier molecular flexibility index (Phi) is 3.33. The van der Waals surface area contributed by atoms with Gasteiger partial charge in [0.1, 0.15) is 5.82 Å². The smallest absolute Gasteiger partial charge is 0.324 e. The third kappa shape index (κ3) is 2.44. The van der Waals surface area contributed by atoms with Crippen LogP contribution in [0.2, 0.25) is 0 Å². The summed E-state index contributed by atoms with van der Waals surface area (Å²) >= 11 is 0. The molecule has 1 aromatic carbocycles. The van der Waals surface area contributed by atoms with Gasteiger partial charge >= 0.3 is 6.03 Å². The maximum Gasteiger partial charge on any atom is 0.324 e. The van der Waals surface area contributed by atoms with Crippen molar-refractivity contribution in [2.24, 2.45) is 0 Å². The van der Waals surface area contributed by atoms with E-state index in [1.165, 1.54) is 11.0 Å². The van der Waals surface area contributed by atoms with E-state index in [0.29, 0.717) is 11.3 Å². The van der Waals surface area contributed by atoms with Gasteiger partial charge in [-0.1, -0.05) is 18.2 Å². The normalized spacial score (nSPS) is 22.7. The zero-order valence-electron chi connectivity index (χ0n) is 13.1. The van der Waals surface area contributed by atoms with Crippen LogP contribution in [0.15, 0.2) is 36.5 Å². The topological polar surface area (TPSA) is 62.3 Å². The Bertz CT molecular complexity index is 819. The van der Waals surface area contributed by atoms with E-state index in [2.05, 4.69) is 10.3 Å². The molecule has 6 heteroatoms. The summed E-state index contributed by atoms with van der Waals surface area (Å²) in [5.41, 5.74) is 3.02. The molecular formula is C18H16FN3O2. The van der Waals surface area contributed by atoms with Gasteiger partial charge in [0, 0.05) is 23.7 Å². The van der Waals surface area contributed by atoms with Crippen molar-refractivity contribution in [2.45, 2.75) is 25.3 Å². The summed E-state index contributed by atoms with van der Waals surface area (Å²) in [7, 11) is 0. The molecule has 0 radical (unpaired) electrons. The SMILES string of the molecule is Cc1ccc(-c2ccc([C@H]3C[C@@H]3N3C(=O)CNC3=O)cn2)cc1F. The van der Waals surface area contributed by atoms with Crippen molar-refractivity contribution in [2.75, 3.05) is 6.54 Å². The Hall–Kier alpha value is -2.76. The van der Waals surface area contributed by atoms with Crippen molar-refractivity contribution in [1.82, 2.24) is 15.2 Å². The third-order valence-corrected chi connectivity index (χ3v) is 4.65. The van der Waals surface area contributed by atoms with Crippen molar-refractivity contribution in [3.63, 3.8) is 0 Å². The summed E-state index contributed by atoms with van der Waals surface area (Å²) < 4.78 is 13.7. The highest BCUT2D eigenvalue weighted by atomic mass is 19.1. The highest BCUT2D eigenvalue weighted by Crippen LogP contribution is 2.45. The number of halogens is 1. The van der Waals surface area contributed by atoms with Crippen LogP contribution < -0.4 is 5.32 Å². The second-order valence-electron chi connectivity index (χ2n) is 6.27. The molecule has 1 N–H and O–H groups in total. The van der Waals surface area contributed by atoms with Gasteiger partial charge in [-0.25, -0.2) is 9.18 Å². The lowest BCUT2D eigenvalue weighted by molar-refractivity contribution is -0.125. The lowest BCUT2D eigenvalue weighted by Gasteiger charge is -2.12. The monoisotopic (exact) mass is 325 g/mol. The number of benzene rings is 1. The summed E-state index contributed by atoms with van der Waals surface area (Å²) in [5.74, 6) is -0.291. The van der Waals surface area contributed by atoms with E-state index in [1.807, 2.05) is 18.2 Å². The number of aryl methyl sites for hydroxylation is 1. The standard InChI is InChI=1S/C18H16FN3O2/c1-10-2-3-11(6-14(10)19)15-5-4-12(8-20-15)13-7-16(13)22-17(23)9-21-18(22)24/h2-6,8,13,16H,7,9H2,1H3,(H,21,24)/t13-,16+/m1/s1. The number of nitrogens with one attached hydrogen (secondary N) is 1. The molecule has 24 heavy (non-hydrogen) atoms. The summed E-state index contributed by atoms with van der Waals surface area (Å²) in [4.78, 5) is 29.1. The van der Waals surface area contributed by atoms with Gasteiger partial charge in [-0.2, -0.15) is 0 Å². The molecule has 1 aliphatic carbocycles. The Morgan fingerprint density at radius 3 is 2.71 bits per heavy atom. The van der Waals surface area contributed by atoms with Crippen LogP contribution in [-0.4, -0.2) is 34.4 Å². The molecule has 0 bridgehead atoms. The molecule has 2 fully saturated rings. The van der Waals surface area contributed by atoms with E-state index in [0.717, 1.165) is 17.5 Å². The molecule has 1 aromatic heterocycles. The molecule has 4 rings (SSSR count). The fourth-order valence-corrected chi connectivity index (χ4v) is 3.14. The van der Waals surface area contributed by atoms with Crippen LogP contribution in [0.4, 0.5) is 9.18 Å². The van der Waals surface area contributed by atoms with Gasteiger partial charge in [-0.3, -0.25) is 14.7 Å². The first kappa shape index (κ1) is 14.8. The van der Waals surface area contributed by atoms with Crippen molar-refractivity contribution >= 4 is 11.9 Å². The number of imide groups is 1. The summed E-state index contributed by atoms with van der Waals surface area (Å²) in [6, 6.07) is 8.44. The number of hydrogen-bond acceptors (Lipinski definition) is 3. The molecular weight excluding hydrogens is 309 g/mol. The zero-order chi connectivity index (χ0) is 16.8.